The molecule has 2 aromatic heterocycles. The smallest absolute Gasteiger partial charge is 0.348 e. The summed E-state index contributed by atoms with van der Waals surface area (Å²) < 4.78 is 7.00. The Morgan fingerprint density at radius 3 is 2.16 bits per heavy atom. The van der Waals surface area contributed by atoms with Crippen LogP contribution in [0.1, 0.15) is 20.8 Å². The minimum atomic E-state index is -1.04. The number of esters is 1. The van der Waals surface area contributed by atoms with Crippen LogP contribution in [-0.4, -0.2) is 21.1 Å². The molecule has 8 nitrogen and oxygen atoms in total. The molecule has 0 fully saturated rings. The highest BCUT2D eigenvalue weighted by atomic mass is 32.1. The number of primary amides is 1. The minimum absolute atomic E-state index is 0.0107. The molecule has 1 amide bonds. The lowest BCUT2D eigenvalue weighted by Crippen LogP contribution is -2.43. The lowest BCUT2D eigenvalue weighted by Gasteiger charge is -2.09. The standard InChI is InChI=1S/C22H17N3O5S/c23-21(28)25-16-11-17(20(27)30-13-15-9-5-2-6-10-15)31-18(16)19(26)24(22(25)29)12-14-7-3-1-4-8-14/h1-11H,12-13H2,(H2,23,28). The van der Waals surface area contributed by atoms with Gasteiger partial charge in [0.15, 0.2) is 0 Å². The number of nitrogens with two attached hydrogens (primary N) is 1. The second kappa shape index (κ2) is 8.41. The number of thiophene rings is 1. The van der Waals surface area contributed by atoms with Gasteiger partial charge in [0.25, 0.3) is 5.56 Å². The van der Waals surface area contributed by atoms with Crippen molar-refractivity contribution in [1.29, 1.82) is 0 Å². The van der Waals surface area contributed by atoms with E-state index < -0.39 is 23.2 Å². The fourth-order valence-electron chi connectivity index (χ4n) is 3.15. The van der Waals surface area contributed by atoms with Gasteiger partial charge in [-0.3, -0.25) is 9.36 Å². The van der Waals surface area contributed by atoms with Gasteiger partial charge in [-0.25, -0.2) is 19.0 Å². The molecule has 0 saturated heterocycles. The largest absolute Gasteiger partial charge is 0.457 e. The van der Waals surface area contributed by atoms with Crippen molar-refractivity contribution >= 4 is 33.6 Å². The van der Waals surface area contributed by atoms with E-state index in [0.29, 0.717) is 10.1 Å². The van der Waals surface area contributed by atoms with Crippen LogP contribution in [0.5, 0.6) is 0 Å². The number of benzene rings is 2. The molecule has 9 heteroatoms. The first-order valence-corrected chi connectivity index (χ1v) is 10.1. The molecule has 0 unspecified atom stereocenters. The molecular weight excluding hydrogens is 418 g/mol. The van der Waals surface area contributed by atoms with Gasteiger partial charge in [-0.1, -0.05) is 60.7 Å². The summed E-state index contributed by atoms with van der Waals surface area (Å²) >= 11 is 0.857. The second-order valence-corrected chi connectivity index (χ2v) is 7.77. The zero-order valence-corrected chi connectivity index (χ0v) is 17.0. The van der Waals surface area contributed by atoms with Crippen LogP contribution in [0.4, 0.5) is 4.79 Å². The predicted molar refractivity (Wildman–Crippen MR) is 116 cm³/mol. The molecule has 31 heavy (non-hydrogen) atoms. The monoisotopic (exact) mass is 435 g/mol. The molecule has 156 valence electrons. The van der Waals surface area contributed by atoms with Crippen LogP contribution in [0.3, 0.4) is 0 Å². The molecule has 2 aromatic carbocycles. The van der Waals surface area contributed by atoms with Gasteiger partial charge in [-0.2, -0.15) is 0 Å². The van der Waals surface area contributed by atoms with E-state index >= 15 is 0 Å². The van der Waals surface area contributed by atoms with Gasteiger partial charge >= 0.3 is 17.7 Å². The number of carbonyl (C=O) groups is 2. The highest BCUT2D eigenvalue weighted by Gasteiger charge is 2.22. The zero-order valence-electron chi connectivity index (χ0n) is 16.2. The number of hydrogen-bond acceptors (Lipinski definition) is 6. The highest BCUT2D eigenvalue weighted by Crippen LogP contribution is 2.23. The molecule has 4 aromatic rings. The number of nitrogens with zero attached hydrogens (tertiary/aromatic N) is 2. The van der Waals surface area contributed by atoms with Crippen molar-refractivity contribution in [2.45, 2.75) is 13.2 Å². The summed E-state index contributed by atoms with van der Waals surface area (Å²) in [5, 5.41) is 0. The number of amides is 1. The van der Waals surface area contributed by atoms with E-state index in [2.05, 4.69) is 0 Å². The summed E-state index contributed by atoms with van der Waals surface area (Å²) in [6.07, 6.45) is 0. The van der Waals surface area contributed by atoms with Crippen molar-refractivity contribution < 1.29 is 14.3 Å². The van der Waals surface area contributed by atoms with Crippen LogP contribution in [0.15, 0.2) is 76.3 Å². The number of ether oxygens (including phenoxy) is 1. The van der Waals surface area contributed by atoms with Crippen LogP contribution in [0.25, 0.3) is 10.2 Å². The lowest BCUT2D eigenvalue weighted by atomic mass is 10.2. The molecule has 0 radical (unpaired) electrons. The molecule has 0 bridgehead atoms. The first-order chi connectivity index (χ1) is 15.0. The van der Waals surface area contributed by atoms with Crippen LogP contribution >= 0.6 is 11.3 Å². The first kappa shape index (κ1) is 20.3. The van der Waals surface area contributed by atoms with Gasteiger partial charge in [0.2, 0.25) is 0 Å². The third-order valence-corrected chi connectivity index (χ3v) is 5.73. The zero-order chi connectivity index (χ0) is 22.0. The van der Waals surface area contributed by atoms with Crippen molar-refractivity contribution in [1.82, 2.24) is 9.13 Å². The minimum Gasteiger partial charge on any atom is -0.457 e. The number of aromatic nitrogens is 2. The number of fused-ring (bicyclic) bond motifs is 1. The highest BCUT2D eigenvalue weighted by molar-refractivity contribution is 7.20. The maximum atomic E-state index is 13.0. The molecule has 0 aliphatic heterocycles. The molecular formula is C22H17N3O5S. The van der Waals surface area contributed by atoms with E-state index in [-0.39, 0.29) is 28.2 Å². The molecule has 0 saturated carbocycles. The van der Waals surface area contributed by atoms with E-state index in [9.17, 15) is 19.2 Å². The number of hydrogen-bond donors (Lipinski definition) is 1. The topological polar surface area (TPSA) is 113 Å². The molecule has 0 aliphatic carbocycles. The van der Waals surface area contributed by atoms with Crippen molar-refractivity contribution in [3.63, 3.8) is 0 Å². The molecule has 4 rings (SSSR count). The number of carbonyl (C=O) groups excluding carboxylic acids is 2. The Bertz CT molecular complexity index is 1390. The van der Waals surface area contributed by atoms with Crippen LogP contribution in [-0.2, 0) is 17.9 Å². The predicted octanol–water partition coefficient (Wildman–Crippen LogP) is 2.56. The summed E-state index contributed by atoms with van der Waals surface area (Å²) in [5.74, 6) is -0.664. The summed E-state index contributed by atoms with van der Waals surface area (Å²) in [6, 6.07) is 18.2. The van der Waals surface area contributed by atoms with Crippen molar-refractivity contribution in [3.8, 4) is 0 Å². The van der Waals surface area contributed by atoms with Crippen LogP contribution < -0.4 is 17.0 Å². The Kier molecular flexibility index (Phi) is 5.50. The Labute approximate surface area is 179 Å². The van der Waals surface area contributed by atoms with Gasteiger partial charge in [-0.15, -0.1) is 11.3 Å². The van der Waals surface area contributed by atoms with Crippen molar-refractivity contribution in [3.05, 3.63) is 104 Å². The van der Waals surface area contributed by atoms with E-state index in [1.165, 1.54) is 6.07 Å². The van der Waals surface area contributed by atoms with Gasteiger partial charge in [-0.05, 0) is 17.2 Å². The average molecular weight is 435 g/mol. The molecule has 0 aliphatic rings. The maximum Gasteiger partial charge on any atom is 0.348 e. The summed E-state index contributed by atoms with van der Waals surface area (Å²) in [7, 11) is 0. The Morgan fingerprint density at radius 2 is 1.55 bits per heavy atom. The van der Waals surface area contributed by atoms with E-state index in [1.807, 2.05) is 36.4 Å². The number of rotatable bonds is 5. The third-order valence-electron chi connectivity index (χ3n) is 4.63. The SMILES string of the molecule is NC(=O)n1c(=O)n(Cc2ccccc2)c(=O)c2sc(C(=O)OCc3ccccc3)cc21. The summed E-state index contributed by atoms with van der Waals surface area (Å²) in [6.45, 7) is 0.0161. The third kappa shape index (κ3) is 4.03. The van der Waals surface area contributed by atoms with Gasteiger partial charge in [0, 0.05) is 0 Å². The average Bonchev–Trinajstić information content (AvgIpc) is 3.21. The van der Waals surface area contributed by atoms with Crippen molar-refractivity contribution in [2.75, 3.05) is 0 Å². The van der Waals surface area contributed by atoms with E-state index in [4.69, 9.17) is 10.5 Å². The van der Waals surface area contributed by atoms with E-state index in [1.54, 1.807) is 24.3 Å². The molecule has 0 spiro atoms. The van der Waals surface area contributed by atoms with Gasteiger partial charge in [0.05, 0.1) is 12.1 Å². The Balaban J connectivity index is 1.75. The lowest BCUT2D eigenvalue weighted by molar-refractivity contribution is 0.0478. The van der Waals surface area contributed by atoms with Gasteiger partial charge in [0.1, 0.15) is 16.2 Å². The maximum absolute atomic E-state index is 13.0. The fourth-order valence-corrected chi connectivity index (χ4v) is 4.13. The van der Waals surface area contributed by atoms with Crippen LogP contribution in [0, 0.1) is 0 Å². The molecule has 0 atom stereocenters. The quantitative estimate of drug-likeness (QED) is 0.484. The van der Waals surface area contributed by atoms with Crippen molar-refractivity contribution in [2.24, 2.45) is 5.73 Å². The molecule has 2 N–H and O–H groups in total. The summed E-state index contributed by atoms with van der Waals surface area (Å²) in [4.78, 5) is 50.5. The van der Waals surface area contributed by atoms with Gasteiger partial charge < -0.3 is 10.5 Å². The summed E-state index contributed by atoms with van der Waals surface area (Å²) in [5.41, 5.74) is 5.44. The van der Waals surface area contributed by atoms with E-state index in [0.717, 1.165) is 21.5 Å². The van der Waals surface area contributed by atoms with Crippen LogP contribution in [0.2, 0.25) is 0 Å². The molecule has 2 heterocycles. The Hall–Kier alpha value is -3.98. The first-order valence-electron chi connectivity index (χ1n) is 9.30. The normalized spacial score (nSPS) is 10.8. The fraction of sp³-hybridized carbons (Fsp3) is 0.0909. The second-order valence-electron chi connectivity index (χ2n) is 6.72. The Morgan fingerprint density at radius 1 is 0.935 bits per heavy atom.